The Labute approximate surface area is 72.5 Å². The number of allylic oxidation sites excluding steroid dienone is 6. The number of rotatable bonds is 2. The van der Waals surface area contributed by atoms with Gasteiger partial charge in [0, 0.05) is 11.6 Å². The summed E-state index contributed by atoms with van der Waals surface area (Å²) in [6, 6.07) is 0. The zero-order valence-corrected chi connectivity index (χ0v) is 7.16. The Morgan fingerprint density at radius 1 is 1.75 bits per heavy atom. The van der Waals surface area contributed by atoms with E-state index >= 15 is 0 Å². The Morgan fingerprint density at radius 3 is 3.08 bits per heavy atom. The molecule has 0 fully saturated rings. The molecule has 12 heavy (non-hydrogen) atoms. The van der Waals surface area contributed by atoms with Crippen LogP contribution in [0.25, 0.3) is 0 Å². The number of carbonyl (C=O) groups is 1. The Balaban J connectivity index is 2.52. The molecule has 0 heterocycles. The third-order valence-electron chi connectivity index (χ3n) is 1.72. The third-order valence-corrected chi connectivity index (χ3v) is 1.72. The maximum atomic E-state index is 10.6. The zero-order valence-electron chi connectivity index (χ0n) is 7.16. The largest absolute Gasteiger partial charge is 0.402 e. The standard InChI is InChI=1S/C10H13NO/c1-8(12)5-6-9-3-2-4-10(11)7-9/h2-6,9H,7,11H2,1H3/b6-5+. The number of hydrogen-bond donors (Lipinski definition) is 1. The van der Waals surface area contributed by atoms with Crippen LogP contribution in [0.5, 0.6) is 0 Å². The lowest BCUT2D eigenvalue weighted by Crippen LogP contribution is -2.06. The van der Waals surface area contributed by atoms with Gasteiger partial charge in [0.1, 0.15) is 0 Å². The minimum Gasteiger partial charge on any atom is -0.402 e. The summed E-state index contributed by atoms with van der Waals surface area (Å²) >= 11 is 0. The van der Waals surface area contributed by atoms with E-state index in [0.717, 1.165) is 12.1 Å². The predicted molar refractivity (Wildman–Crippen MR) is 49.3 cm³/mol. The van der Waals surface area contributed by atoms with Crippen LogP contribution in [0.4, 0.5) is 0 Å². The summed E-state index contributed by atoms with van der Waals surface area (Å²) in [5.74, 6) is 0.371. The normalized spacial score (nSPS) is 22.8. The van der Waals surface area contributed by atoms with Crippen molar-refractivity contribution in [1.29, 1.82) is 0 Å². The lowest BCUT2D eigenvalue weighted by Gasteiger charge is -2.10. The Bertz CT molecular complexity index is 261. The van der Waals surface area contributed by atoms with Gasteiger partial charge >= 0.3 is 0 Å². The third kappa shape index (κ3) is 2.74. The van der Waals surface area contributed by atoms with Crippen molar-refractivity contribution in [1.82, 2.24) is 0 Å². The molecule has 1 unspecified atom stereocenters. The molecular weight excluding hydrogens is 150 g/mol. The van der Waals surface area contributed by atoms with Gasteiger partial charge in [0.15, 0.2) is 5.78 Å². The fourth-order valence-corrected chi connectivity index (χ4v) is 1.12. The average Bonchev–Trinajstić information content (AvgIpc) is 2.01. The summed E-state index contributed by atoms with van der Waals surface area (Å²) in [4.78, 5) is 10.6. The van der Waals surface area contributed by atoms with Gasteiger partial charge in [0.05, 0.1) is 0 Å². The van der Waals surface area contributed by atoms with Gasteiger partial charge < -0.3 is 5.73 Å². The monoisotopic (exact) mass is 163 g/mol. The highest BCUT2D eigenvalue weighted by molar-refractivity contribution is 5.87. The van der Waals surface area contributed by atoms with Gasteiger partial charge in [-0.3, -0.25) is 4.79 Å². The van der Waals surface area contributed by atoms with E-state index in [9.17, 15) is 4.79 Å². The van der Waals surface area contributed by atoms with Crippen molar-refractivity contribution in [2.45, 2.75) is 13.3 Å². The highest BCUT2D eigenvalue weighted by Gasteiger charge is 2.04. The second-order valence-electron chi connectivity index (χ2n) is 2.96. The highest BCUT2D eigenvalue weighted by Crippen LogP contribution is 2.15. The molecule has 1 atom stereocenters. The van der Waals surface area contributed by atoms with Gasteiger partial charge in [-0.1, -0.05) is 18.2 Å². The van der Waals surface area contributed by atoms with Crippen molar-refractivity contribution < 1.29 is 4.79 Å². The summed E-state index contributed by atoms with van der Waals surface area (Å²) in [6.45, 7) is 1.54. The first-order valence-corrected chi connectivity index (χ1v) is 4.00. The summed E-state index contributed by atoms with van der Waals surface area (Å²) in [5.41, 5.74) is 6.49. The van der Waals surface area contributed by atoms with Crippen LogP contribution in [-0.4, -0.2) is 5.78 Å². The van der Waals surface area contributed by atoms with Crippen LogP contribution < -0.4 is 5.73 Å². The molecular formula is C10H13NO. The van der Waals surface area contributed by atoms with E-state index in [1.165, 1.54) is 0 Å². The van der Waals surface area contributed by atoms with Gasteiger partial charge in [-0.2, -0.15) is 0 Å². The van der Waals surface area contributed by atoms with Gasteiger partial charge in [0.2, 0.25) is 0 Å². The molecule has 0 bridgehead atoms. The maximum absolute atomic E-state index is 10.6. The fraction of sp³-hybridized carbons (Fsp3) is 0.300. The quantitative estimate of drug-likeness (QED) is 0.627. The van der Waals surface area contributed by atoms with E-state index in [4.69, 9.17) is 5.73 Å². The summed E-state index contributed by atoms with van der Waals surface area (Å²) in [7, 11) is 0. The lowest BCUT2D eigenvalue weighted by atomic mass is 9.98. The molecule has 0 radical (unpaired) electrons. The molecule has 0 amide bonds. The Hall–Kier alpha value is -1.31. The number of ketones is 1. The second-order valence-corrected chi connectivity index (χ2v) is 2.96. The molecule has 2 nitrogen and oxygen atoms in total. The van der Waals surface area contributed by atoms with Crippen molar-refractivity contribution in [3.8, 4) is 0 Å². The predicted octanol–water partition coefficient (Wildman–Crippen LogP) is 1.55. The SMILES string of the molecule is CC(=O)/C=C/C1C=CC=C(N)C1. The summed E-state index contributed by atoms with van der Waals surface area (Å²) in [5, 5.41) is 0. The molecule has 0 aromatic carbocycles. The zero-order chi connectivity index (χ0) is 8.97. The van der Waals surface area contributed by atoms with Crippen molar-refractivity contribution in [3.63, 3.8) is 0 Å². The molecule has 0 aromatic rings. The van der Waals surface area contributed by atoms with Crippen molar-refractivity contribution in [2.75, 3.05) is 0 Å². The molecule has 1 aliphatic rings. The van der Waals surface area contributed by atoms with E-state index < -0.39 is 0 Å². The minimum absolute atomic E-state index is 0.0801. The van der Waals surface area contributed by atoms with E-state index in [1.54, 1.807) is 13.0 Å². The summed E-state index contributed by atoms with van der Waals surface area (Å²) < 4.78 is 0. The van der Waals surface area contributed by atoms with Crippen LogP contribution in [0.2, 0.25) is 0 Å². The molecule has 0 aromatic heterocycles. The number of nitrogens with two attached hydrogens (primary N) is 1. The Kier molecular flexibility index (Phi) is 2.86. The van der Waals surface area contributed by atoms with Crippen LogP contribution in [0, 0.1) is 5.92 Å². The van der Waals surface area contributed by atoms with E-state index in [1.807, 2.05) is 24.3 Å². The van der Waals surface area contributed by atoms with Crippen LogP contribution in [0.15, 0.2) is 36.1 Å². The van der Waals surface area contributed by atoms with Gasteiger partial charge in [-0.05, 0) is 25.5 Å². The first-order valence-electron chi connectivity index (χ1n) is 4.00. The van der Waals surface area contributed by atoms with Gasteiger partial charge in [0.25, 0.3) is 0 Å². The van der Waals surface area contributed by atoms with E-state index in [-0.39, 0.29) is 5.78 Å². The van der Waals surface area contributed by atoms with E-state index in [0.29, 0.717) is 5.92 Å². The van der Waals surface area contributed by atoms with Gasteiger partial charge in [-0.25, -0.2) is 0 Å². The van der Waals surface area contributed by atoms with Crippen molar-refractivity contribution >= 4 is 5.78 Å². The van der Waals surface area contributed by atoms with Crippen molar-refractivity contribution in [2.24, 2.45) is 11.7 Å². The number of carbonyl (C=O) groups excluding carboxylic acids is 1. The van der Waals surface area contributed by atoms with Crippen molar-refractivity contribution in [3.05, 3.63) is 36.1 Å². The lowest BCUT2D eigenvalue weighted by molar-refractivity contribution is -0.112. The fourth-order valence-electron chi connectivity index (χ4n) is 1.12. The molecule has 0 aliphatic heterocycles. The molecule has 1 rings (SSSR count). The Morgan fingerprint density at radius 2 is 2.50 bits per heavy atom. The molecule has 2 heteroatoms. The maximum Gasteiger partial charge on any atom is 0.152 e. The molecule has 0 saturated carbocycles. The van der Waals surface area contributed by atoms with Crippen LogP contribution in [-0.2, 0) is 4.79 Å². The summed E-state index contributed by atoms with van der Waals surface area (Å²) in [6.07, 6.45) is 10.1. The molecule has 64 valence electrons. The first kappa shape index (κ1) is 8.78. The van der Waals surface area contributed by atoms with Crippen LogP contribution in [0.3, 0.4) is 0 Å². The number of hydrogen-bond acceptors (Lipinski definition) is 2. The molecule has 1 aliphatic carbocycles. The molecule has 0 spiro atoms. The first-order chi connectivity index (χ1) is 5.68. The second kappa shape index (κ2) is 3.90. The smallest absolute Gasteiger partial charge is 0.152 e. The topological polar surface area (TPSA) is 43.1 Å². The van der Waals surface area contributed by atoms with Gasteiger partial charge in [-0.15, -0.1) is 0 Å². The van der Waals surface area contributed by atoms with Crippen LogP contribution >= 0.6 is 0 Å². The minimum atomic E-state index is 0.0801. The highest BCUT2D eigenvalue weighted by atomic mass is 16.1. The van der Waals surface area contributed by atoms with Crippen LogP contribution in [0.1, 0.15) is 13.3 Å². The van der Waals surface area contributed by atoms with E-state index in [2.05, 4.69) is 0 Å². The molecule has 2 N–H and O–H groups in total. The molecule has 0 saturated heterocycles. The average molecular weight is 163 g/mol.